The number of nitrogens with one attached hydrogen (secondary N) is 4. The van der Waals surface area contributed by atoms with E-state index in [2.05, 4.69) is 99.1 Å². The third-order valence-corrected chi connectivity index (χ3v) is 16.4. The topological polar surface area (TPSA) is 180 Å². The number of alkyl carbamates (subject to hydrolysis) is 2. The Balaban J connectivity index is 0.000000482. The van der Waals surface area contributed by atoms with Crippen LogP contribution in [0.15, 0.2) is 59.6 Å². The number of fused-ring (bicyclic) bond motifs is 7. The van der Waals surface area contributed by atoms with Crippen LogP contribution in [0.2, 0.25) is 0 Å². The lowest BCUT2D eigenvalue weighted by atomic mass is 9.81. The molecule has 9 unspecified atom stereocenters. The zero-order valence-corrected chi connectivity index (χ0v) is 41.4. The number of hydrogen-bond donors (Lipinski definition) is 4. The van der Waals surface area contributed by atoms with E-state index in [1.54, 1.807) is 25.2 Å². The van der Waals surface area contributed by atoms with Crippen molar-refractivity contribution < 1.29 is 33.4 Å². The van der Waals surface area contributed by atoms with Crippen molar-refractivity contribution in [2.45, 2.75) is 146 Å². The lowest BCUT2D eigenvalue weighted by molar-refractivity contribution is -0.138. The minimum absolute atomic E-state index is 0.0304. The van der Waals surface area contributed by atoms with Crippen LogP contribution >= 0.6 is 0 Å². The molecule has 2 saturated heterocycles. The van der Waals surface area contributed by atoms with Crippen molar-refractivity contribution in [3.8, 4) is 22.3 Å². The molecule has 3 aliphatic heterocycles. The number of aliphatic imine (C=N–C) groups is 1. The summed E-state index contributed by atoms with van der Waals surface area (Å²) < 4.78 is 14.8. The molecule has 3 amide bonds. The van der Waals surface area contributed by atoms with Gasteiger partial charge in [-0.1, -0.05) is 62.7 Å². The van der Waals surface area contributed by atoms with Crippen molar-refractivity contribution in [3.05, 3.63) is 77.1 Å². The first-order chi connectivity index (χ1) is 33.3. The molecule has 3 aliphatic carbocycles. The summed E-state index contributed by atoms with van der Waals surface area (Å²) in [6.07, 6.45) is 9.13. The Morgan fingerprint density at radius 2 is 1.49 bits per heavy atom. The van der Waals surface area contributed by atoms with E-state index in [-0.39, 0.29) is 30.0 Å². The normalized spacial score (nSPS) is 26.9. The molecule has 2 saturated carbocycles. The monoisotopic (exact) mass is 943 g/mol. The van der Waals surface area contributed by atoms with Crippen LogP contribution < -0.4 is 16.0 Å². The van der Waals surface area contributed by atoms with E-state index < -0.39 is 30.4 Å². The van der Waals surface area contributed by atoms with Crippen LogP contribution in [-0.2, 0) is 23.8 Å². The molecule has 4 N–H and O–H groups in total. The van der Waals surface area contributed by atoms with Crippen LogP contribution in [0, 0.1) is 11.8 Å². The largest absolute Gasteiger partial charge is 0.453 e. The fourth-order valence-corrected chi connectivity index (χ4v) is 12.3. The first-order valence-corrected chi connectivity index (χ1v) is 25.1. The van der Waals surface area contributed by atoms with E-state index in [1.807, 2.05) is 18.7 Å². The summed E-state index contributed by atoms with van der Waals surface area (Å²) in [6, 6.07) is 20.3. The number of aldehydes is 1. The summed E-state index contributed by atoms with van der Waals surface area (Å²) in [5.41, 5.74) is 11.8. The fraction of sp³-hybridized carbons (Fsp3) is 0.556. The molecule has 69 heavy (non-hydrogen) atoms. The number of carbonyl (C=O) groups excluding carboxylic acids is 4. The van der Waals surface area contributed by atoms with Gasteiger partial charge in [0.2, 0.25) is 5.91 Å². The number of amides is 3. The van der Waals surface area contributed by atoms with Gasteiger partial charge in [-0.3, -0.25) is 14.7 Å². The summed E-state index contributed by atoms with van der Waals surface area (Å²) >= 11 is 0. The standard InChI is InChI=1S/C47H57N7O4.C7H13NO3/c1-25-9-20-39(53(25)3)45-49-35-19-16-29(22-36(35)50-45)34-18-17-33(41-31-14-15-32(21-31)42(34)41)27-10-12-28(13-11-27)37-24-48-44(51-37)40-23-30-7-6-8-38(30)54(40)46(55)43(26(2)57-4)52-47(56)58-5;1-5(2)6(4-9)8-7(10)11-3/h10-13,16-19,22,25-26,30-32,37-40,43H,6-9,14-15,20-21,23-24H2,1-5H3,(H,48,51)(H,49,50)(H,52,56);4-6H,1-3H3,(H,8,10)/t25-,26?,30?,31?,32?,37?,38?,39-,40?,43?;/m0./s1. The highest BCUT2D eigenvalue weighted by molar-refractivity contribution is 5.96. The zero-order chi connectivity index (χ0) is 48.7. The lowest BCUT2D eigenvalue weighted by Crippen LogP contribution is -2.58. The fourth-order valence-electron chi connectivity index (χ4n) is 12.3. The Kier molecular flexibility index (Phi) is 14.2. The van der Waals surface area contributed by atoms with E-state index in [0.29, 0.717) is 42.7 Å². The molecule has 6 aliphatic rings. The van der Waals surface area contributed by atoms with Crippen LogP contribution in [-0.4, -0.2) is 121 Å². The molecule has 4 heterocycles. The summed E-state index contributed by atoms with van der Waals surface area (Å²) in [6.45, 7) is 8.41. The molecule has 4 fully saturated rings. The number of benzene rings is 3. The minimum Gasteiger partial charge on any atom is -0.453 e. The van der Waals surface area contributed by atoms with Gasteiger partial charge in [0.1, 0.15) is 24.0 Å². The predicted molar refractivity (Wildman–Crippen MR) is 266 cm³/mol. The van der Waals surface area contributed by atoms with Crippen molar-refractivity contribution in [2.24, 2.45) is 16.8 Å². The Bertz CT molecular complexity index is 2580. The van der Waals surface area contributed by atoms with Gasteiger partial charge in [0.15, 0.2) is 0 Å². The number of amidine groups is 1. The number of likely N-dealkylation sites (tertiary alicyclic amines) is 2. The van der Waals surface area contributed by atoms with Crippen LogP contribution in [0.1, 0.15) is 132 Å². The molecule has 2 bridgehead atoms. The molecule has 368 valence electrons. The van der Waals surface area contributed by atoms with Gasteiger partial charge in [-0.15, -0.1) is 0 Å². The van der Waals surface area contributed by atoms with Crippen molar-refractivity contribution >= 4 is 41.2 Å². The van der Waals surface area contributed by atoms with E-state index in [0.717, 1.165) is 54.8 Å². The number of hydrogen-bond acceptors (Lipinski definition) is 11. The molecule has 10 rings (SSSR count). The third kappa shape index (κ3) is 9.36. The van der Waals surface area contributed by atoms with Gasteiger partial charge in [0.05, 0.1) is 62.1 Å². The van der Waals surface area contributed by atoms with Crippen molar-refractivity contribution in [1.29, 1.82) is 0 Å². The Morgan fingerprint density at radius 1 is 0.812 bits per heavy atom. The number of aromatic amines is 1. The third-order valence-electron chi connectivity index (χ3n) is 16.4. The first kappa shape index (κ1) is 48.2. The van der Waals surface area contributed by atoms with E-state index in [1.165, 1.54) is 67.7 Å². The minimum atomic E-state index is -0.850. The molecule has 15 nitrogen and oxygen atoms in total. The number of nitrogens with zero attached hydrogens (tertiary/aromatic N) is 4. The maximum absolute atomic E-state index is 14.3. The highest BCUT2D eigenvalue weighted by Crippen LogP contribution is 2.58. The smallest absolute Gasteiger partial charge is 0.407 e. The molecule has 15 heteroatoms. The molecular weight excluding hydrogens is 873 g/mol. The van der Waals surface area contributed by atoms with Crippen molar-refractivity contribution in [3.63, 3.8) is 0 Å². The zero-order valence-electron chi connectivity index (χ0n) is 41.4. The number of ether oxygens (including phenoxy) is 3. The van der Waals surface area contributed by atoms with Gasteiger partial charge in [0, 0.05) is 19.2 Å². The summed E-state index contributed by atoms with van der Waals surface area (Å²) in [5.74, 6) is 3.55. The molecule has 1 aromatic heterocycles. The van der Waals surface area contributed by atoms with Crippen LogP contribution in [0.4, 0.5) is 9.59 Å². The van der Waals surface area contributed by atoms with Gasteiger partial charge in [0.25, 0.3) is 0 Å². The molecule has 0 spiro atoms. The van der Waals surface area contributed by atoms with Gasteiger partial charge < -0.3 is 44.8 Å². The lowest BCUT2D eigenvalue weighted by Gasteiger charge is -2.35. The summed E-state index contributed by atoms with van der Waals surface area (Å²) in [4.78, 5) is 65.7. The van der Waals surface area contributed by atoms with Crippen LogP contribution in [0.5, 0.6) is 0 Å². The van der Waals surface area contributed by atoms with Gasteiger partial charge in [-0.25, -0.2) is 14.6 Å². The van der Waals surface area contributed by atoms with Gasteiger partial charge in [-0.2, -0.15) is 0 Å². The quantitative estimate of drug-likeness (QED) is 0.101. The number of methoxy groups -OCH3 is 3. The average Bonchev–Trinajstić information content (AvgIpc) is 4.24. The number of rotatable bonds is 12. The number of imidazole rings is 1. The van der Waals surface area contributed by atoms with E-state index >= 15 is 0 Å². The highest BCUT2D eigenvalue weighted by Gasteiger charge is 2.51. The predicted octanol–water partition coefficient (Wildman–Crippen LogP) is 8.55. The van der Waals surface area contributed by atoms with Gasteiger partial charge in [-0.05, 0) is 147 Å². The second-order valence-electron chi connectivity index (χ2n) is 20.6. The first-order valence-electron chi connectivity index (χ1n) is 25.1. The molecule has 3 aromatic carbocycles. The van der Waals surface area contributed by atoms with Crippen molar-refractivity contribution in [1.82, 2.24) is 35.7 Å². The Hall–Kier alpha value is -5.80. The van der Waals surface area contributed by atoms with Crippen molar-refractivity contribution in [2.75, 3.05) is 34.9 Å². The van der Waals surface area contributed by atoms with Crippen LogP contribution in [0.25, 0.3) is 33.3 Å². The number of carbonyl (C=O) groups is 4. The molecule has 4 aromatic rings. The average molecular weight is 943 g/mol. The summed E-state index contributed by atoms with van der Waals surface area (Å²) in [5, 5.41) is 8.88. The number of H-pyrrole nitrogens is 1. The molecule has 0 radical (unpaired) electrons. The Labute approximate surface area is 405 Å². The highest BCUT2D eigenvalue weighted by atomic mass is 16.5. The van der Waals surface area contributed by atoms with E-state index in [9.17, 15) is 19.2 Å². The molecule has 11 atom stereocenters. The number of aromatic nitrogens is 2. The molecular formula is C54H70N8O7. The maximum Gasteiger partial charge on any atom is 0.407 e. The Morgan fingerprint density at radius 3 is 2.13 bits per heavy atom. The SMILES string of the molecule is COC(=O)NC(C(=O)N1C(C2=NCC(c3ccc(-c4ccc(-c5ccc6nc([C@@H]7CC[C@H](C)N7C)[nH]c6c5)c5c4C4CCC5C4)cc3)N2)CC2CCCC21)C(C)OC.COC(=O)NC(C=O)C(C)C. The maximum atomic E-state index is 14.3. The van der Waals surface area contributed by atoms with Gasteiger partial charge >= 0.3 is 12.2 Å². The summed E-state index contributed by atoms with van der Waals surface area (Å²) in [7, 11) is 6.35. The second kappa shape index (κ2) is 20.3. The van der Waals surface area contributed by atoms with Crippen LogP contribution in [0.3, 0.4) is 0 Å². The second-order valence-corrected chi connectivity index (χ2v) is 20.6. The van der Waals surface area contributed by atoms with E-state index in [4.69, 9.17) is 19.5 Å².